The van der Waals surface area contributed by atoms with E-state index in [0.29, 0.717) is 5.56 Å². The van der Waals surface area contributed by atoms with E-state index in [1.807, 2.05) is 0 Å². The first-order chi connectivity index (χ1) is 13.3. The first-order valence-corrected chi connectivity index (χ1v) is 8.46. The van der Waals surface area contributed by atoms with Crippen molar-refractivity contribution in [1.29, 1.82) is 0 Å². The Morgan fingerprint density at radius 2 is 1.69 bits per heavy atom. The Balaban J connectivity index is 2.25. The fraction of sp³-hybridized carbons (Fsp3) is 0.444. The minimum absolute atomic E-state index is 0.167. The van der Waals surface area contributed by atoms with Crippen LogP contribution in [-0.4, -0.2) is 58.2 Å². The molecule has 0 bridgehead atoms. The van der Waals surface area contributed by atoms with E-state index in [1.54, 1.807) is 30.3 Å². The number of rotatable bonds is 3. The normalized spacial score (nSPS) is 17.3. The van der Waals surface area contributed by atoms with Gasteiger partial charge in [0.1, 0.15) is 12.2 Å². The van der Waals surface area contributed by atoms with Gasteiger partial charge in [-0.05, 0) is 26.3 Å². The number of benzene rings is 1. The first-order valence-electron chi connectivity index (χ1n) is 8.46. The molecule has 1 aromatic carbocycles. The minimum atomic E-state index is -5.36. The SMILES string of the molecule is CC(C)(C)OC(=O)[C@@H]1CN(C(=O)C(F)(F)F)C(=O)N1C(=O)OCc1ccccc1. The molecule has 1 atom stereocenters. The van der Waals surface area contributed by atoms with Gasteiger partial charge in [0.15, 0.2) is 6.04 Å². The van der Waals surface area contributed by atoms with Gasteiger partial charge in [-0.2, -0.15) is 13.2 Å². The molecule has 4 amide bonds. The maximum Gasteiger partial charge on any atom is 0.471 e. The van der Waals surface area contributed by atoms with Crippen LogP contribution in [0.25, 0.3) is 0 Å². The maximum atomic E-state index is 12.8. The molecule has 29 heavy (non-hydrogen) atoms. The quantitative estimate of drug-likeness (QED) is 0.704. The van der Waals surface area contributed by atoms with Crippen molar-refractivity contribution in [3.8, 4) is 0 Å². The van der Waals surface area contributed by atoms with Gasteiger partial charge in [-0.15, -0.1) is 0 Å². The zero-order valence-corrected chi connectivity index (χ0v) is 15.9. The second-order valence-electron chi connectivity index (χ2n) is 7.16. The van der Waals surface area contributed by atoms with Crippen LogP contribution in [0.2, 0.25) is 0 Å². The van der Waals surface area contributed by atoms with Gasteiger partial charge in [0.05, 0.1) is 6.54 Å². The van der Waals surface area contributed by atoms with Crippen molar-refractivity contribution in [1.82, 2.24) is 9.80 Å². The van der Waals surface area contributed by atoms with Gasteiger partial charge < -0.3 is 9.47 Å². The number of urea groups is 1. The van der Waals surface area contributed by atoms with Crippen LogP contribution in [0, 0.1) is 0 Å². The Labute approximate surface area is 164 Å². The summed E-state index contributed by atoms with van der Waals surface area (Å²) in [6.07, 6.45) is -6.73. The highest BCUT2D eigenvalue weighted by Crippen LogP contribution is 2.26. The van der Waals surface area contributed by atoms with Crippen LogP contribution in [0.15, 0.2) is 30.3 Å². The molecule has 0 saturated carbocycles. The summed E-state index contributed by atoms with van der Waals surface area (Å²) >= 11 is 0. The standard InChI is InChI=1S/C18H19F3N2O6/c1-17(2,3)29-13(24)12-9-22(14(25)18(19,20)21)15(26)23(12)16(27)28-10-11-7-5-4-6-8-11/h4-8,12H,9-10H2,1-3H3/t12-/m0/s1. The molecule has 0 unspecified atom stereocenters. The Morgan fingerprint density at radius 3 is 2.21 bits per heavy atom. The van der Waals surface area contributed by atoms with E-state index in [0.717, 1.165) is 0 Å². The molecule has 0 aromatic heterocycles. The third-order valence-electron chi connectivity index (χ3n) is 3.67. The summed E-state index contributed by atoms with van der Waals surface area (Å²) < 4.78 is 48.3. The highest BCUT2D eigenvalue weighted by molar-refractivity contribution is 6.07. The predicted octanol–water partition coefficient (Wildman–Crippen LogP) is 2.86. The number of hydrogen-bond donors (Lipinski definition) is 0. The number of carbonyl (C=O) groups excluding carboxylic acids is 4. The van der Waals surface area contributed by atoms with Gasteiger partial charge in [-0.3, -0.25) is 9.69 Å². The highest BCUT2D eigenvalue weighted by atomic mass is 19.4. The minimum Gasteiger partial charge on any atom is -0.458 e. The zero-order valence-electron chi connectivity index (χ0n) is 15.9. The van der Waals surface area contributed by atoms with Gasteiger partial charge in [0.2, 0.25) is 0 Å². The third kappa shape index (κ3) is 5.46. The summed E-state index contributed by atoms with van der Waals surface area (Å²) in [5, 5.41) is 0. The van der Waals surface area contributed by atoms with Gasteiger partial charge in [-0.1, -0.05) is 30.3 Å². The lowest BCUT2D eigenvalue weighted by Crippen LogP contribution is -2.47. The van der Waals surface area contributed by atoms with Crippen molar-refractivity contribution in [2.24, 2.45) is 0 Å². The zero-order chi connectivity index (χ0) is 22.0. The molecule has 0 radical (unpaired) electrons. The molecule has 8 nitrogen and oxygen atoms in total. The van der Waals surface area contributed by atoms with E-state index < -0.39 is 48.4 Å². The van der Waals surface area contributed by atoms with E-state index in [9.17, 15) is 32.3 Å². The number of alkyl halides is 3. The smallest absolute Gasteiger partial charge is 0.458 e. The summed E-state index contributed by atoms with van der Waals surface area (Å²) in [7, 11) is 0. The molecule has 1 heterocycles. The van der Waals surface area contributed by atoms with Crippen LogP contribution in [0.5, 0.6) is 0 Å². The van der Waals surface area contributed by atoms with Crippen LogP contribution in [0.1, 0.15) is 26.3 Å². The fourth-order valence-electron chi connectivity index (χ4n) is 2.46. The highest BCUT2D eigenvalue weighted by Gasteiger charge is 2.55. The molecule has 0 N–H and O–H groups in total. The van der Waals surface area contributed by atoms with Crippen molar-refractivity contribution < 1.29 is 41.8 Å². The fourth-order valence-corrected chi connectivity index (χ4v) is 2.46. The van der Waals surface area contributed by atoms with Crippen molar-refractivity contribution >= 4 is 24.0 Å². The number of carbonyl (C=O) groups is 4. The molecule has 1 aromatic rings. The van der Waals surface area contributed by atoms with E-state index in [1.165, 1.54) is 20.8 Å². The number of ether oxygens (including phenoxy) is 2. The van der Waals surface area contributed by atoms with E-state index in [4.69, 9.17) is 9.47 Å². The van der Waals surface area contributed by atoms with E-state index in [2.05, 4.69) is 0 Å². The second kappa shape index (κ2) is 8.10. The predicted molar refractivity (Wildman–Crippen MR) is 91.3 cm³/mol. The molecule has 1 saturated heterocycles. The molecule has 1 aliphatic rings. The Morgan fingerprint density at radius 1 is 1.10 bits per heavy atom. The average Bonchev–Trinajstić information content (AvgIpc) is 2.95. The van der Waals surface area contributed by atoms with Gasteiger partial charge in [0.25, 0.3) is 0 Å². The molecule has 1 aliphatic heterocycles. The van der Waals surface area contributed by atoms with Gasteiger partial charge in [-0.25, -0.2) is 19.3 Å². The molecule has 0 aliphatic carbocycles. The molecule has 2 rings (SSSR count). The Bertz CT molecular complexity index is 804. The van der Waals surface area contributed by atoms with E-state index >= 15 is 0 Å². The molecule has 11 heteroatoms. The van der Waals surface area contributed by atoms with Crippen LogP contribution in [0.3, 0.4) is 0 Å². The molecule has 158 valence electrons. The summed E-state index contributed by atoms with van der Waals surface area (Å²) in [4.78, 5) is 48.6. The van der Waals surface area contributed by atoms with Crippen molar-refractivity contribution in [3.63, 3.8) is 0 Å². The molecular formula is C18H19F3N2O6. The second-order valence-corrected chi connectivity index (χ2v) is 7.16. The number of nitrogens with zero attached hydrogens (tertiary/aromatic N) is 2. The van der Waals surface area contributed by atoms with Gasteiger partial charge >= 0.3 is 30.2 Å². The summed E-state index contributed by atoms with van der Waals surface area (Å²) in [6, 6.07) is 4.90. The maximum absolute atomic E-state index is 12.8. The lowest BCUT2D eigenvalue weighted by Gasteiger charge is -2.24. The Hall–Kier alpha value is -3.11. The number of imide groups is 2. The average molecular weight is 416 g/mol. The summed E-state index contributed by atoms with van der Waals surface area (Å²) in [5.41, 5.74) is -0.495. The largest absolute Gasteiger partial charge is 0.471 e. The summed E-state index contributed by atoms with van der Waals surface area (Å²) in [5.74, 6) is -3.63. The monoisotopic (exact) mass is 416 g/mol. The molecule has 1 fully saturated rings. The number of esters is 1. The number of hydrogen-bond acceptors (Lipinski definition) is 6. The summed E-state index contributed by atoms with van der Waals surface area (Å²) in [6.45, 7) is 3.21. The van der Waals surface area contributed by atoms with Crippen molar-refractivity contribution in [2.75, 3.05) is 6.54 Å². The topological polar surface area (TPSA) is 93.2 Å². The number of amides is 4. The molecule has 0 spiro atoms. The van der Waals surface area contributed by atoms with Gasteiger partial charge in [0, 0.05) is 0 Å². The Kier molecular flexibility index (Phi) is 6.19. The van der Waals surface area contributed by atoms with Crippen LogP contribution in [-0.2, 0) is 25.7 Å². The lowest BCUT2D eigenvalue weighted by atomic mass is 10.2. The van der Waals surface area contributed by atoms with Crippen LogP contribution < -0.4 is 0 Å². The van der Waals surface area contributed by atoms with Crippen molar-refractivity contribution in [2.45, 2.75) is 45.2 Å². The first kappa shape index (κ1) is 22.2. The molecular weight excluding hydrogens is 397 g/mol. The van der Waals surface area contributed by atoms with E-state index in [-0.39, 0.29) is 16.4 Å². The lowest BCUT2D eigenvalue weighted by molar-refractivity contribution is -0.181. The van der Waals surface area contributed by atoms with Crippen LogP contribution in [0.4, 0.5) is 22.8 Å². The van der Waals surface area contributed by atoms with Crippen molar-refractivity contribution in [3.05, 3.63) is 35.9 Å². The third-order valence-corrected chi connectivity index (χ3v) is 3.67. The van der Waals surface area contributed by atoms with Crippen LogP contribution >= 0.6 is 0 Å². The number of halogens is 3.